The molecule has 2 aromatic carbocycles. The lowest BCUT2D eigenvalue weighted by Gasteiger charge is -2.07. The zero-order valence-electron chi connectivity index (χ0n) is 12.8. The van der Waals surface area contributed by atoms with Gasteiger partial charge in [-0.2, -0.15) is 0 Å². The number of nitro groups is 1. The van der Waals surface area contributed by atoms with Crippen molar-refractivity contribution in [3.05, 3.63) is 68.5 Å². The van der Waals surface area contributed by atoms with Gasteiger partial charge in [-0.3, -0.25) is 10.1 Å². The summed E-state index contributed by atoms with van der Waals surface area (Å²) in [6.45, 7) is -0.398. The van der Waals surface area contributed by atoms with Gasteiger partial charge in [0.15, 0.2) is 12.4 Å². The van der Waals surface area contributed by atoms with Crippen molar-refractivity contribution in [1.29, 1.82) is 0 Å². The molecule has 0 atom stereocenters. The number of thiophene rings is 1. The quantitative estimate of drug-likeness (QED) is 0.357. The van der Waals surface area contributed by atoms with Crippen molar-refractivity contribution >= 4 is 44.7 Å². The van der Waals surface area contributed by atoms with Crippen LogP contribution in [-0.4, -0.2) is 17.5 Å². The van der Waals surface area contributed by atoms with Crippen LogP contribution in [0.1, 0.15) is 4.88 Å². The highest BCUT2D eigenvalue weighted by atomic mass is 35.5. The van der Waals surface area contributed by atoms with Gasteiger partial charge >= 0.3 is 11.7 Å². The van der Waals surface area contributed by atoms with Crippen LogP contribution < -0.4 is 4.74 Å². The van der Waals surface area contributed by atoms with Gasteiger partial charge in [0, 0.05) is 16.2 Å². The SMILES string of the molecule is O=C(COc1ccccc1[N+](=O)[O-])OCc1sc2ccccc2c1Cl. The molecule has 0 spiro atoms. The summed E-state index contributed by atoms with van der Waals surface area (Å²) in [5.41, 5.74) is -0.206. The molecule has 25 heavy (non-hydrogen) atoms. The first-order valence-electron chi connectivity index (χ1n) is 7.24. The van der Waals surface area contributed by atoms with Gasteiger partial charge in [0.2, 0.25) is 0 Å². The number of halogens is 1. The third-order valence-electron chi connectivity index (χ3n) is 3.37. The number of benzene rings is 2. The Labute approximate surface area is 151 Å². The maximum atomic E-state index is 11.8. The Morgan fingerprint density at radius 2 is 1.88 bits per heavy atom. The summed E-state index contributed by atoms with van der Waals surface area (Å²) in [6, 6.07) is 13.5. The van der Waals surface area contributed by atoms with Crippen molar-refractivity contribution in [2.24, 2.45) is 0 Å². The fourth-order valence-electron chi connectivity index (χ4n) is 2.21. The fraction of sp³-hybridized carbons (Fsp3) is 0.118. The van der Waals surface area contributed by atoms with Gasteiger partial charge in [-0.15, -0.1) is 11.3 Å². The van der Waals surface area contributed by atoms with Crippen LogP contribution in [0.5, 0.6) is 5.75 Å². The van der Waals surface area contributed by atoms with Gasteiger partial charge in [-0.1, -0.05) is 41.9 Å². The third kappa shape index (κ3) is 3.89. The van der Waals surface area contributed by atoms with Crippen molar-refractivity contribution in [2.75, 3.05) is 6.61 Å². The molecular formula is C17H12ClNO5S. The Hall–Kier alpha value is -2.64. The maximum absolute atomic E-state index is 11.8. The number of carbonyl (C=O) groups is 1. The first-order chi connectivity index (χ1) is 12.1. The Kier molecular flexibility index (Phi) is 5.16. The van der Waals surface area contributed by atoms with Crippen LogP contribution in [0, 0.1) is 10.1 Å². The summed E-state index contributed by atoms with van der Waals surface area (Å²) in [5.74, 6) is -0.615. The predicted molar refractivity (Wildman–Crippen MR) is 95.2 cm³/mol. The first-order valence-corrected chi connectivity index (χ1v) is 8.43. The van der Waals surface area contributed by atoms with E-state index in [4.69, 9.17) is 21.1 Å². The number of nitro benzene ring substituents is 1. The number of carbonyl (C=O) groups excluding carboxylic acids is 1. The van der Waals surface area contributed by atoms with Crippen LogP contribution >= 0.6 is 22.9 Å². The average molecular weight is 378 g/mol. The molecule has 0 aliphatic rings. The summed E-state index contributed by atoms with van der Waals surface area (Å²) in [4.78, 5) is 22.9. The number of rotatable bonds is 6. The number of esters is 1. The van der Waals surface area contributed by atoms with Gasteiger partial charge in [0.1, 0.15) is 6.61 Å². The number of hydrogen-bond acceptors (Lipinski definition) is 6. The Bertz CT molecular complexity index is 940. The topological polar surface area (TPSA) is 78.7 Å². The van der Waals surface area contributed by atoms with E-state index in [0.717, 1.165) is 15.0 Å². The van der Waals surface area contributed by atoms with Crippen LogP contribution in [-0.2, 0) is 16.1 Å². The van der Waals surface area contributed by atoms with Crippen LogP contribution in [0.3, 0.4) is 0 Å². The number of hydrogen-bond donors (Lipinski definition) is 0. The molecule has 0 aliphatic heterocycles. The van der Waals surface area contributed by atoms with E-state index in [1.165, 1.54) is 29.5 Å². The van der Waals surface area contributed by atoms with E-state index < -0.39 is 17.5 Å². The molecule has 0 bridgehead atoms. The van der Waals surface area contributed by atoms with Crippen LogP contribution in [0.15, 0.2) is 48.5 Å². The summed E-state index contributed by atoms with van der Waals surface area (Å²) in [7, 11) is 0. The second kappa shape index (κ2) is 7.50. The Balaban J connectivity index is 1.60. The summed E-state index contributed by atoms with van der Waals surface area (Å²) in [5, 5.41) is 12.4. The van der Waals surface area contributed by atoms with Crippen molar-refractivity contribution < 1.29 is 19.2 Å². The molecule has 128 valence electrons. The van der Waals surface area contributed by atoms with Gasteiger partial charge in [0.25, 0.3) is 0 Å². The highest BCUT2D eigenvalue weighted by Gasteiger charge is 2.16. The lowest BCUT2D eigenvalue weighted by atomic mass is 10.2. The van der Waals surface area contributed by atoms with Crippen LogP contribution in [0.4, 0.5) is 5.69 Å². The van der Waals surface area contributed by atoms with Gasteiger partial charge in [-0.25, -0.2) is 4.79 Å². The molecule has 0 aliphatic carbocycles. The molecule has 1 aromatic heterocycles. The smallest absolute Gasteiger partial charge is 0.344 e. The van der Waals surface area contributed by atoms with Gasteiger partial charge < -0.3 is 9.47 Å². The summed E-state index contributed by atoms with van der Waals surface area (Å²) in [6.07, 6.45) is 0. The third-order valence-corrected chi connectivity index (χ3v) is 5.06. The largest absolute Gasteiger partial charge is 0.475 e. The van der Waals surface area contributed by atoms with Crippen molar-refractivity contribution in [2.45, 2.75) is 6.61 Å². The molecule has 8 heteroatoms. The lowest BCUT2D eigenvalue weighted by molar-refractivity contribution is -0.385. The monoisotopic (exact) mass is 377 g/mol. The van der Waals surface area contributed by atoms with E-state index in [0.29, 0.717) is 5.02 Å². The zero-order valence-corrected chi connectivity index (χ0v) is 14.4. The molecule has 6 nitrogen and oxygen atoms in total. The molecular weight excluding hydrogens is 366 g/mol. The molecule has 3 rings (SSSR count). The van der Waals surface area contributed by atoms with E-state index in [2.05, 4.69) is 0 Å². The predicted octanol–water partition coefficient (Wildman–Crippen LogP) is 4.59. The normalized spacial score (nSPS) is 10.6. The molecule has 0 N–H and O–H groups in total. The summed E-state index contributed by atoms with van der Waals surface area (Å²) >= 11 is 7.73. The Morgan fingerprint density at radius 1 is 1.16 bits per heavy atom. The molecule has 0 amide bonds. The second-order valence-corrected chi connectivity index (χ2v) is 6.52. The maximum Gasteiger partial charge on any atom is 0.344 e. The van der Waals surface area contributed by atoms with Crippen molar-refractivity contribution in [3.63, 3.8) is 0 Å². The molecule has 3 aromatic rings. The molecule has 0 saturated carbocycles. The molecule has 1 heterocycles. The first kappa shape index (κ1) is 17.2. The van der Waals surface area contributed by atoms with E-state index in [1.54, 1.807) is 6.07 Å². The number of fused-ring (bicyclic) bond motifs is 1. The van der Waals surface area contributed by atoms with E-state index in [1.807, 2.05) is 24.3 Å². The number of ether oxygens (including phenoxy) is 2. The number of para-hydroxylation sites is 2. The van der Waals surface area contributed by atoms with Gasteiger partial charge in [0.05, 0.1) is 14.8 Å². The molecule has 0 fully saturated rings. The average Bonchev–Trinajstić information content (AvgIpc) is 2.94. The van der Waals surface area contributed by atoms with E-state index in [-0.39, 0.29) is 18.0 Å². The molecule has 0 radical (unpaired) electrons. The van der Waals surface area contributed by atoms with Gasteiger partial charge in [-0.05, 0) is 12.1 Å². The van der Waals surface area contributed by atoms with Crippen LogP contribution in [0.25, 0.3) is 10.1 Å². The lowest BCUT2D eigenvalue weighted by Crippen LogP contribution is -2.15. The Morgan fingerprint density at radius 3 is 2.64 bits per heavy atom. The highest BCUT2D eigenvalue weighted by molar-refractivity contribution is 7.19. The minimum atomic E-state index is -0.633. The van der Waals surface area contributed by atoms with Crippen molar-refractivity contribution in [1.82, 2.24) is 0 Å². The summed E-state index contributed by atoms with van der Waals surface area (Å²) < 4.78 is 11.4. The van der Waals surface area contributed by atoms with E-state index >= 15 is 0 Å². The van der Waals surface area contributed by atoms with Crippen molar-refractivity contribution in [3.8, 4) is 5.75 Å². The minimum Gasteiger partial charge on any atom is -0.475 e. The molecule has 0 saturated heterocycles. The fourth-order valence-corrected chi connectivity index (χ4v) is 3.61. The molecule has 0 unspecified atom stereocenters. The standard InChI is InChI=1S/C17H12ClNO5S/c18-17-11-5-1-4-8-14(11)25-15(17)9-24-16(20)10-23-13-7-3-2-6-12(13)19(21)22/h1-8H,9-10H2. The van der Waals surface area contributed by atoms with E-state index in [9.17, 15) is 14.9 Å². The second-order valence-electron chi connectivity index (χ2n) is 5.01. The number of nitrogens with zero attached hydrogens (tertiary/aromatic N) is 1. The minimum absolute atomic E-state index is 0.0179. The highest BCUT2D eigenvalue weighted by Crippen LogP contribution is 2.35. The van der Waals surface area contributed by atoms with Crippen LogP contribution in [0.2, 0.25) is 5.02 Å². The zero-order chi connectivity index (χ0) is 17.8.